The highest BCUT2D eigenvalue weighted by Gasteiger charge is 2.34. The molecule has 108 valence electrons. The number of hydrogen-bond donors (Lipinski definition) is 1. The van der Waals surface area contributed by atoms with Gasteiger partial charge in [-0.2, -0.15) is 0 Å². The molecule has 2 rings (SSSR count). The second kappa shape index (κ2) is 6.56. The number of carboxylic acids is 1. The topological polar surface area (TPSA) is 66.8 Å². The number of aliphatic carboxylic acids is 1. The van der Waals surface area contributed by atoms with E-state index in [2.05, 4.69) is 0 Å². The first-order chi connectivity index (χ1) is 9.49. The SMILES string of the molecule is O=C(O)[C@@H]1CSCN1C(=O)COc1cc(Cl)ccc1Cl. The van der Waals surface area contributed by atoms with Gasteiger partial charge in [-0.3, -0.25) is 4.79 Å². The molecule has 1 N–H and O–H groups in total. The molecule has 8 heteroatoms. The van der Waals surface area contributed by atoms with Crippen LogP contribution in [-0.2, 0) is 9.59 Å². The van der Waals surface area contributed by atoms with Gasteiger partial charge in [0.15, 0.2) is 6.61 Å². The lowest BCUT2D eigenvalue weighted by molar-refractivity contribution is -0.148. The molecule has 1 heterocycles. The van der Waals surface area contributed by atoms with Crippen LogP contribution >= 0.6 is 35.0 Å². The zero-order chi connectivity index (χ0) is 14.7. The van der Waals surface area contributed by atoms with Crippen LogP contribution in [0.4, 0.5) is 0 Å². The van der Waals surface area contributed by atoms with E-state index >= 15 is 0 Å². The second-order valence-corrected chi connectivity index (χ2v) is 5.92. The van der Waals surface area contributed by atoms with Crippen LogP contribution in [0.1, 0.15) is 0 Å². The molecule has 1 aliphatic rings. The van der Waals surface area contributed by atoms with Gasteiger partial charge >= 0.3 is 5.97 Å². The molecule has 0 spiro atoms. The van der Waals surface area contributed by atoms with Gasteiger partial charge in [-0.05, 0) is 12.1 Å². The maximum Gasteiger partial charge on any atom is 0.327 e. The van der Waals surface area contributed by atoms with Crippen LogP contribution in [0.2, 0.25) is 10.0 Å². The first-order valence-electron chi connectivity index (χ1n) is 5.67. The Morgan fingerprint density at radius 1 is 1.45 bits per heavy atom. The molecule has 0 aromatic heterocycles. The number of ether oxygens (including phenoxy) is 1. The fraction of sp³-hybridized carbons (Fsp3) is 0.333. The number of carbonyl (C=O) groups excluding carboxylic acids is 1. The third-order valence-corrected chi connectivity index (χ3v) is 4.29. The van der Waals surface area contributed by atoms with Crippen LogP contribution in [0.3, 0.4) is 0 Å². The quantitative estimate of drug-likeness (QED) is 0.914. The molecule has 0 radical (unpaired) electrons. The zero-order valence-electron chi connectivity index (χ0n) is 10.2. The summed E-state index contributed by atoms with van der Waals surface area (Å²) in [5.41, 5.74) is 0. The van der Waals surface area contributed by atoms with Gasteiger partial charge < -0.3 is 14.7 Å². The fourth-order valence-electron chi connectivity index (χ4n) is 1.70. The molecule has 1 fully saturated rings. The lowest BCUT2D eigenvalue weighted by Crippen LogP contribution is -2.43. The summed E-state index contributed by atoms with van der Waals surface area (Å²) in [5.74, 6) is -0.365. The predicted molar refractivity (Wildman–Crippen MR) is 77.6 cm³/mol. The minimum Gasteiger partial charge on any atom is -0.482 e. The van der Waals surface area contributed by atoms with Crippen molar-refractivity contribution in [3.63, 3.8) is 0 Å². The zero-order valence-corrected chi connectivity index (χ0v) is 12.5. The third-order valence-electron chi connectivity index (χ3n) is 2.73. The summed E-state index contributed by atoms with van der Waals surface area (Å²) in [4.78, 5) is 24.3. The lowest BCUT2D eigenvalue weighted by atomic mass is 10.3. The number of carbonyl (C=O) groups is 2. The predicted octanol–water partition coefficient (Wildman–Crippen LogP) is 2.36. The Kier molecular flexibility index (Phi) is 5.01. The summed E-state index contributed by atoms with van der Waals surface area (Å²) >= 11 is 13.1. The van der Waals surface area contributed by atoms with E-state index in [1.807, 2.05) is 0 Å². The highest BCUT2D eigenvalue weighted by Crippen LogP contribution is 2.28. The largest absolute Gasteiger partial charge is 0.482 e. The first-order valence-corrected chi connectivity index (χ1v) is 7.58. The molecule has 20 heavy (non-hydrogen) atoms. The van der Waals surface area contributed by atoms with Crippen molar-refractivity contribution >= 4 is 46.8 Å². The standard InChI is InChI=1S/C12H11Cl2NO4S/c13-7-1-2-8(14)10(3-7)19-4-11(16)15-6-20-5-9(15)12(17)18/h1-3,9H,4-6H2,(H,17,18)/t9-/m0/s1. The van der Waals surface area contributed by atoms with Crippen LogP contribution in [-0.4, -0.2) is 46.2 Å². The van der Waals surface area contributed by atoms with E-state index in [1.165, 1.54) is 22.7 Å². The molecule has 5 nitrogen and oxygen atoms in total. The number of nitrogens with zero attached hydrogens (tertiary/aromatic N) is 1. The van der Waals surface area contributed by atoms with Crippen molar-refractivity contribution in [2.24, 2.45) is 0 Å². The Hall–Kier alpha value is -1.11. The number of hydrogen-bond acceptors (Lipinski definition) is 4. The van der Waals surface area contributed by atoms with E-state index in [4.69, 9.17) is 33.0 Å². The van der Waals surface area contributed by atoms with E-state index in [1.54, 1.807) is 12.1 Å². The van der Waals surface area contributed by atoms with Crippen LogP contribution in [0.15, 0.2) is 18.2 Å². The summed E-state index contributed by atoms with van der Waals surface area (Å²) in [5, 5.41) is 9.79. The van der Waals surface area contributed by atoms with Gasteiger partial charge in [0, 0.05) is 16.8 Å². The molecule has 1 saturated heterocycles. The second-order valence-electron chi connectivity index (χ2n) is 4.08. The molecule has 0 saturated carbocycles. The first kappa shape index (κ1) is 15.3. The van der Waals surface area contributed by atoms with Crippen LogP contribution in [0.25, 0.3) is 0 Å². The Morgan fingerprint density at radius 2 is 2.20 bits per heavy atom. The fourth-order valence-corrected chi connectivity index (χ4v) is 3.21. The van der Waals surface area contributed by atoms with Gasteiger partial charge in [-0.25, -0.2) is 4.79 Å². The van der Waals surface area contributed by atoms with Gasteiger partial charge in [0.1, 0.15) is 11.8 Å². The third kappa shape index (κ3) is 3.50. The highest BCUT2D eigenvalue weighted by molar-refractivity contribution is 7.99. The molecular weight excluding hydrogens is 325 g/mol. The number of carboxylic acid groups (broad SMARTS) is 1. The number of amides is 1. The van der Waals surface area contributed by atoms with Gasteiger partial charge in [0.2, 0.25) is 0 Å². The van der Waals surface area contributed by atoms with Crippen molar-refractivity contribution in [3.8, 4) is 5.75 Å². The molecule has 0 unspecified atom stereocenters. The lowest BCUT2D eigenvalue weighted by Gasteiger charge is -2.20. The van der Waals surface area contributed by atoms with Gasteiger partial charge in [0.25, 0.3) is 5.91 Å². The van der Waals surface area contributed by atoms with Crippen LogP contribution in [0, 0.1) is 0 Å². The van der Waals surface area contributed by atoms with Crippen molar-refractivity contribution in [3.05, 3.63) is 28.2 Å². The molecule has 1 amide bonds. The van der Waals surface area contributed by atoms with Gasteiger partial charge in [-0.15, -0.1) is 11.8 Å². The summed E-state index contributed by atoms with van der Waals surface area (Å²) in [6.45, 7) is -0.273. The minimum atomic E-state index is -1.01. The van der Waals surface area contributed by atoms with Gasteiger partial charge in [-0.1, -0.05) is 23.2 Å². The van der Waals surface area contributed by atoms with E-state index in [0.29, 0.717) is 27.4 Å². The molecule has 1 aromatic carbocycles. The van der Waals surface area contributed by atoms with Crippen LogP contribution < -0.4 is 4.74 Å². The average Bonchev–Trinajstić information content (AvgIpc) is 2.89. The highest BCUT2D eigenvalue weighted by atomic mass is 35.5. The van der Waals surface area contributed by atoms with Crippen molar-refractivity contribution in [1.82, 2.24) is 4.90 Å². The van der Waals surface area contributed by atoms with E-state index in [0.717, 1.165) is 0 Å². The number of halogens is 2. The van der Waals surface area contributed by atoms with E-state index in [-0.39, 0.29) is 6.61 Å². The number of thioether (sulfide) groups is 1. The summed E-state index contributed by atoms with van der Waals surface area (Å²) in [7, 11) is 0. The molecular formula is C12H11Cl2NO4S. The van der Waals surface area contributed by atoms with Crippen molar-refractivity contribution < 1.29 is 19.4 Å². The van der Waals surface area contributed by atoms with Crippen molar-refractivity contribution in [2.45, 2.75) is 6.04 Å². The average molecular weight is 336 g/mol. The van der Waals surface area contributed by atoms with Crippen molar-refractivity contribution in [1.29, 1.82) is 0 Å². The maximum atomic E-state index is 12.0. The molecule has 0 aliphatic carbocycles. The maximum absolute atomic E-state index is 12.0. The summed E-state index contributed by atoms with van der Waals surface area (Å²) in [6, 6.07) is 3.88. The summed E-state index contributed by atoms with van der Waals surface area (Å²) < 4.78 is 5.31. The van der Waals surface area contributed by atoms with E-state index < -0.39 is 17.9 Å². The monoisotopic (exact) mass is 335 g/mol. The molecule has 1 atom stereocenters. The number of rotatable bonds is 4. The Bertz CT molecular complexity index is 540. The van der Waals surface area contributed by atoms with Crippen LogP contribution in [0.5, 0.6) is 5.75 Å². The number of benzene rings is 1. The van der Waals surface area contributed by atoms with E-state index in [9.17, 15) is 9.59 Å². The van der Waals surface area contributed by atoms with Gasteiger partial charge in [0.05, 0.1) is 10.9 Å². The smallest absolute Gasteiger partial charge is 0.327 e. The molecule has 1 aromatic rings. The Morgan fingerprint density at radius 3 is 2.90 bits per heavy atom. The minimum absolute atomic E-state index is 0.273. The Labute approximate surface area is 129 Å². The Balaban J connectivity index is 1.98. The normalized spacial score (nSPS) is 18.1. The summed E-state index contributed by atoms with van der Waals surface area (Å²) in [6.07, 6.45) is 0. The molecule has 0 bridgehead atoms. The van der Waals surface area contributed by atoms with Crippen molar-refractivity contribution in [2.75, 3.05) is 18.2 Å². The molecule has 1 aliphatic heterocycles.